The minimum atomic E-state index is -1.22. The minimum absolute atomic E-state index is 0.888. The molecule has 0 aliphatic carbocycles. The molecule has 1 atom stereocenters. The van der Waals surface area contributed by atoms with E-state index >= 15 is 0 Å². The summed E-state index contributed by atoms with van der Waals surface area (Å²) in [7, 11) is 0. The van der Waals surface area contributed by atoms with E-state index in [-0.39, 0.29) is 0 Å². The Morgan fingerprint density at radius 2 is 1.19 bits per heavy atom. The fraction of sp³-hybridized carbons (Fsp3) is 0.0345. The standard InChI is InChI=1S/C29H24OS2/c30-29(20-9-7-16-24-12-3-1-4-13-24,21-10-8-17-25-14-5-2-6-15-25)26-19-23-32-28(26)27-18-11-22-31-27/h1-23,30H/b16-7-,17-8+,20-9+,21-10-. The number of aliphatic hydroxyl groups is 1. The van der Waals surface area contributed by atoms with Crippen LogP contribution in [0.25, 0.3) is 21.9 Å². The summed E-state index contributed by atoms with van der Waals surface area (Å²) in [4.78, 5) is 2.26. The smallest absolute Gasteiger partial charge is 0.128 e. The van der Waals surface area contributed by atoms with E-state index in [9.17, 15) is 5.11 Å². The van der Waals surface area contributed by atoms with Crippen LogP contribution in [0.1, 0.15) is 16.7 Å². The molecule has 158 valence electrons. The molecule has 1 unspecified atom stereocenters. The van der Waals surface area contributed by atoms with E-state index in [2.05, 4.69) is 35.7 Å². The van der Waals surface area contributed by atoms with E-state index in [4.69, 9.17) is 0 Å². The van der Waals surface area contributed by atoms with Crippen LogP contribution in [0.15, 0.2) is 126 Å². The number of benzene rings is 2. The molecule has 2 aromatic carbocycles. The first-order valence-corrected chi connectivity index (χ1v) is 12.2. The van der Waals surface area contributed by atoms with Crippen molar-refractivity contribution in [1.82, 2.24) is 0 Å². The van der Waals surface area contributed by atoms with Crippen molar-refractivity contribution < 1.29 is 5.11 Å². The number of thiophene rings is 2. The van der Waals surface area contributed by atoms with Gasteiger partial charge in [-0.1, -0.05) is 103 Å². The number of hydrogen-bond acceptors (Lipinski definition) is 3. The van der Waals surface area contributed by atoms with Crippen molar-refractivity contribution in [1.29, 1.82) is 0 Å². The lowest BCUT2D eigenvalue weighted by Crippen LogP contribution is -2.19. The van der Waals surface area contributed by atoms with Gasteiger partial charge in [0, 0.05) is 10.4 Å². The van der Waals surface area contributed by atoms with Crippen molar-refractivity contribution in [2.45, 2.75) is 5.60 Å². The minimum Gasteiger partial charge on any atom is -0.377 e. The summed E-state index contributed by atoms with van der Waals surface area (Å²) in [5.74, 6) is 0. The summed E-state index contributed by atoms with van der Waals surface area (Å²) in [6.45, 7) is 0. The lowest BCUT2D eigenvalue weighted by Gasteiger charge is -2.21. The number of allylic oxidation sites excluding steroid dienone is 4. The summed E-state index contributed by atoms with van der Waals surface area (Å²) in [5, 5.41) is 15.8. The number of hydrogen-bond donors (Lipinski definition) is 1. The topological polar surface area (TPSA) is 20.2 Å². The Bertz CT molecular complexity index is 1150. The van der Waals surface area contributed by atoms with Crippen molar-refractivity contribution in [3.05, 3.63) is 143 Å². The van der Waals surface area contributed by atoms with Crippen molar-refractivity contribution in [2.24, 2.45) is 0 Å². The van der Waals surface area contributed by atoms with Crippen molar-refractivity contribution in [3.63, 3.8) is 0 Å². The molecule has 4 aromatic rings. The third-order valence-electron chi connectivity index (χ3n) is 4.94. The summed E-state index contributed by atoms with van der Waals surface area (Å²) >= 11 is 3.34. The van der Waals surface area contributed by atoms with E-state index < -0.39 is 5.60 Å². The molecule has 4 rings (SSSR count). The van der Waals surface area contributed by atoms with E-state index in [1.54, 1.807) is 22.7 Å². The fourth-order valence-corrected chi connectivity index (χ4v) is 5.17. The zero-order valence-electron chi connectivity index (χ0n) is 17.5. The van der Waals surface area contributed by atoms with Crippen LogP contribution < -0.4 is 0 Å². The summed E-state index contributed by atoms with van der Waals surface area (Å²) < 4.78 is 0. The second kappa shape index (κ2) is 10.9. The largest absolute Gasteiger partial charge is 0.377 e. The quantitative estimate of drug-likeness (QED) is 0.267. The predicted octanol–water partition coefficient (Wildman–Crippen LogP) is 8.20. The molecule has 0 radical (unpaired) electrons. The third-order valence-corrected chi connectivity index (χ3v) is 6.91. The first-order valence-electron chi connectivity index (χ1n) is 10.4. The van der Waals surface area contributed by atoms with E-state index in [1.165, 1.54) is 0 Å². The maximum absolute atomic E-state index is 11.7. The van der Waals surface area contributed by atoms with Gasteiger partial charge in [0.25, 0.3) is 0 Å². The third kappa shape index (κ3) is 5.71. The molecule has 0 bridgehead atoms. The molecule has 32 heavy (non-hydrogen) atoms. The lowest BCUT2D eigenvalue weighted by molar-refractivity contribution is 0.144. The molecule has 1 N–H and O–H groups in total. The molecular formula is C29H24OS2. The fourth-order valence-electron chi connectivity index (χ4n) is 3.32. The zero-order valence-corrected chi connectivity index (χ0v) is 19.2. The monoisotopic (exact) mass is 452 g/mol. The lowest BCUT2D eigenvalue weighted by atomic mass is 9.92. The Hall–Kier alpha value is -3.24. The molecular weight excluding hydrogens is 428 g/mol. The van der Waals surface area contributed by atoms with Gasteiger partial charge in [0.15, 0.2) is 0 Å². The number of rotatable bonds is 8. The average molecular weight is 453 g/mol. The van der Waals surface area contributed by atoms with Crippen LogP contribution in [0, 0.1) is 0 Å². The summed E-state index contributed by atoms with van der Waals surface area (Å²) in [6.07, 6.45) is 15.5. The molecule has 0 saturated heterocycles. The first-order chi connectivity index (χ1) is 15.7. The second-order valence-electron chi connectivity index (χ2n) is 7.22. The molecule has 0 amide bonds. The van der Waals surface area contributed by atoms with Crippen molar-refractivity contribution in [2.75, 3.05) is 0 Å². The summed E-state index contributed by atoms with van der Waals surface area (Å²) in [5.41, 5.74) is 1.91. The van der Waals surface area contributed by atoms with Gasteiger partial charge < -0.3 is 5.11 Å². The molecule has 2 heterocycles. The Morgan fingerprint density at radius 1 is 0.594 bits per heavy atom. The average Bonchev–Trinajstić information content (AvgIpc) is 3.53. The van der Waals surface area contributed by atoms with Crippen LogP contribution in [0.3, 0.4) is 0 Å². The highest BCUT2D eigenvalue weighted by Crippen LogP contribution is 2.40. The Labute approximate surface area is 197 Å². The van der Waals surface area contributed by atoms with Gasteiger partial charge >= 0.3 is 0 Å². The molecule has 0 spiro atoms. The van der Waals surface area contributed by atoms with Crippen LogP contribution in [0.4, 0.5) is 0 Å². The Balaban J connectivity index is 1.62. The van der Waals surface area contributed by atoms with Crippen molar-refractivity contribution in [3.8, 4) is 9.75 Å². The highest BCUT2D eigenvalue weighted by atomic mass is 32.1. The molecule has 0 aliphatic rings. The highest BCUT2D eigenvalue weighted by molar-refractivity contribution is 7.20. The van der Waals surface area contributed by atoms with E-state index in [0.29, 0.717) is 0 Å². The molecule has 0 fully saturated rings. The van der Waals surface area contributed by atoms with Crippen LogP contribution in [-0.2, 0) is 5.60 Å². The van der Waals surface area contributed by atoms with Crippen LogP contribution in [0.5, 0.6) is 0 Å². The van der Waals surface area contributed by atoms with Crippen LogP contribution in [0.2, 0.25) is 0 Å². The highest BCUT2D eigenvalue weighted by Gasteiger charge is 2.27. The zero-order chi connectivity index (χ0) is 22.1. The summed E-state index contributed by atoms with van der Waals surface area (Å²) in [6, 6.07) is 26.4. The van der Waals surface area contributed by atoms with Gasteiger partial charge in [-0.25, -0.2) is 0 Å². The van der Waals surface area contributed by atoms with Gasteiger partial charge in [-0.05, 0) is 46.2 Å². The maximum atomic E-state index is 11.7. The van der Waals surface area contributed by atoms with Gasteiger partial charge in [0.2, 0.25) is 0 Å². The predicted molar refractivity (Wildman–Crippen MR) is 141 cm³/mol. The van der Waals surface area contributed by atoms with Gasteiger partial charge in [0.05, 0.1) is 4.88 Å². The molecule has 2 aromatic heterocycles. The van der Waals surface area contributed by atoms with Gasteiger partial charge in [-0.15, -0.1) is 22.7 Å². The first kappa shape index (κ1) is 22.0. The van der Waals surface area contributed by atoms with E-state index in [0.717, 1.165) is 26.4 Å². The Kier molecular flexibility index (Phi) is 7.47. The molecule has 0 aliphatic heterocycles. The second-order valence-corrected chi connectivity index (χ2v) is 9.09. The molecule has 1 nitrogen and oxygen atoms in total. The molecule has 3 heteroatoms. The SMILES string of the molecule is OC(/C=C\C=C\c1ccccc1)(/C=C/C=C\c1ccccc1)c1ccsc1-c1cccs1. The Morgan fingerprint density at radius 3 is 1.72 bits per heavy atom. The van der Waals surface area contributed by atoms with Crippen LogP contribution in [-0.4, -0.2) is 5.11 Å². The van der Waals surface area contributed by atoms with Gasteiger partial charge in [-0.3, -0.25) is 0 Å². The normalized spacial score (nSPS) is 14.2. The van der Waals surface area contributed by atoms with E-state index in [1.807, 2.05) is 103 Å². The van der Waals surface area contributed by atoms with Gasteiger partial charge in [-0.2, -0.15) is 0 Å². The van der Waals surface area contributed by atoms with Crippen LogP contribution >= 0.6 is 22.7 Å². The van der Waals surface area contributed by atoms with Crippen molar-refractivity contribution >= 4 is 34.8 Å². The maximum Gasteiger partial charge on any atom is 0.128 e. The van der Waals surface area contributed by atoms with Gasteiger partial charge in [0.1, 0.15) is 5.60 Å². The molecule has 0 saturated carbocycles.